The molecule has 2 N–H and O–H groups in total. The highest BCUT2D eigenvalue weighted by molar-refractivity contribution is 6.34. The standard InChI is InChI=1S/C27H24ClFN4O3/c1-27(2,16-34)15-23(35)22-14-24(33(32-22)18-7-4-3-5-8-18)31-26(36)19-13-17(10-11-20(19)28)25-21(29)9-6-12-30-25/h3-14,34H,15-16H2,1-2H3,(H,31,36). The molecule has 2 aromatic heterocycles. The fourth-order valence-electron chi connectivity index (χ4n) is 3.58. The number of Topliss-reactive ketones (excluding diaryl/α,β-unsaturated/α-hetero) is 1. The fraction of sp³-hybridized carbons (Fsp3) is 0.185. The number of anilines is 1. The van der Waals surface area contributed by atoms with Crippen molar-refractivity contribution in [1.82, 2.24) is 14.8 Å². The summed E-state index contributed by atoms with van der Waals surface area (Å²) in [5.74, 6) is -1.11. The Balaban J connectivity index is 1.70. The first kappa shape index (κ1) is 25.2. The summed E-state index contributed by atoms with van der Waals surface area (Å²) in [7, 11) is 0. The first-order valence-corrected chi connectivity index (χ1v) is 11.6. The number of aliphatic hydroxyl groups is 1. The first-order valence-electron chi connectivity index (χ1n) is 11.2. The lowest BCUT2D eigenvalue weighted by molar-refractivity contribution is 0.0853. The Hall–Kier alpha value is -3.88. The van der Waals surface area contributed by atoms with Crippen LogP contribution in [0.1, 0.15) is 41.1 Å². The van der Waals surface area contributed by atoms with E-state index < -0.39 is 17.1 Å². The highest BCUT2D eigenvalue weighted by atomic mass is 35.5. The first-order chi connectivity index (χ1) is 17.2. The Morgan fingerprint density at radius 1 is 1.08 bits per heavy atom. The van der Waals surface area contributed by atoms with Gasteiger partial charge < -0.3 is 10.4 Å². The van der Waals surface area contributed by atoms with Crippen LogP contribution in [0.3, 0.4) is 0 Å². The number of nitrogens with zero attached hydrogens (tertiary/aromatic N) is 3. The Bertz CT molecular complexity index is 1420. The van der Waals surface area contributed by atoms with Crippen LogP contribution in [-0.4, -0.2) is 38.2 Å². The van der Waals surface area contributed by atoms with E-state index in [4.69, 9.17) is 11.6 Å². The van der Waals surface area contributed by atoms with E-state index in [0.717, 1.165) is 0 Å². The van der Waals surface area contributed by atoms with Crippen molar-refractivity contribution in [1.29, 1.82) is 0 Å². The lowest BCUT2D eigenvalue weighted by atomic mass is 9.88. The maximum absolute atomic E-state index is 14.3. The van der Waals surface area contributed by atoms with Crippen LogP contribution in [0.25, 0.3) is 16.9 Å². The predicted molar refractivity (Wildman–Crippen MR) is 136 cm³/mol. The van der Waals surface area contributed by atoms with Crippen molar-refractivity contribution in [2.75, 3.05) is 11.9 Å². The van der Waals surface area contributed by atoms with E-state index in [1.54, 1.807) is 44.2 Å². The number of carbonyl (C=O) groups is 2. The van der Waals surface area contributed by atoms with Crippen molar-refractivity contribution in [3.63, 3.8) is 0 Å². The minimum atomic E-state index is -0.619. The van der Waals surface area contributed by atoms with Crippen molar-refractivity contribution >= 4 is 29.1 Å². The summed E-state index contributed by atoms with van der Waals surface area (Å²) in [6.07, 6.45) is 1.54. The van der Waals surface area contributed by atoms with Gasteiger partial charge in [-0.15, -0.1) is 0 Å². The van der Waals surface area contributed by atoms with E-state index in [9.17, 15) is 19.1 Å². The van der Waals surface area contributed by atoms with Gasteiger partial charge in [0.05, 0.1) is 16.3 Å². The lowest BCUT2D eigenvalue weighted by Crippen LogP contribution is -2.21. The number of halogens is 2. The zero-order chi connectivity index (χ0) is 25.9. The van der Waals surface area contributed by atoms with E-state index in [2.05, 4.69) is 15.4 Å². The van der Waals surface area contributed by atoms with Crippen molar-refractivity contribution in [3.05, 3.63) is 95.0 Å². The number of pyridine rings is 1. The number of rotatable bonds is 8. The third-order valence-electron chi connectivity index (χ3n) is 5.55. The van der Waals surface area contributed by atoms with Gasteiger partial charge in [0.1, 0.15) is 23.0 Å². The summed E-state index contributed by atoms with van der Waals surface area (Å²) in [5.41, 5.74) is 0.744. The molecule has 0 unspecified atom stereocenters. The molecule has 4 rings (SSSR count). The molecule has 0 saturated carbocycles. The molecular weight excluding hydrogens is 483 g/mol. The van der Waals surface area contributed by atoms with Crippen LogP contribution in [0.15, 0.2) is 72.9 Å². The molecule has 7 nitrogen and oxygen atoms in total. The van der Waals surface area contributed by atoms with Crippen molar-refractivity contribution in [2.45, 2.75) is 20.3 Å². The van der Waals surface area contributed by atoms with Crippen LogP contribution >= 0.6 is 11.6 Å². The number of benzene rings is 2. The number of nitrogens with one attached hydrogen (secondary N) is 1. The molecule has 0 bridgehead atoms. The number of hydrogen-bond acceptors (Lipinski definition) is 5. The highest BCUT2D eigenvalue weighted by Gasteiger charge is 2.25. The molecule has 4 aromatic rings. The molecule has 184 valence electrons. The third kappa shape index (κ3) is 5.50. The third-order valence-corrected chi connectivity index (χ3v) is 5.88. The minimum Gasteiger partial charge on any atom is -0.396 e. The summed E-state index contributed by atoms with van der Waals surface area (Å²) in [6, 6.07) is 17.8. The summed E-state index contributed by atoms with van der Waals surface area (Å²) >= 11 is 6.31. The number of ketones is 1. The molecule has 9 heteroatoms. The van der Waals surface area contributed by atoms with E-state index >= 15 is 0 Å². The van der Waals surface area contributed by atoms with Crippen molar-refractivity contribution in [2.24, 2.45) is 5.41 Å². The average molecular weight is 507 g/mol. The monoisotopic (exact) mass is 506 g/mol. The van der Waals surface area contributed by atoms with Gasteiger partial charge in [-0.25, -0.2) is 9.07 Å². The van der Waals surface area contributed by atoms with Gasteiger partial charge in [-0.05, 0) is 41.8 Å². The number of amides is 1. The van der Waals surface area contributed by atoms with Crippen LogP contribution in [0.4, 0.5) is 10.2 Å². The summed E-state index contributed by atoms with van der Waals surface area (Å²) in [6.45, 7) is 3.40. The molecule has 0 aliphatic heterocycles. The molecule has 2 aromatic carbocycles. The molecule has 1 amide bonds. The highest BCUT2D eigenvalue weighted by Crippen LogP contribution is 2.28. The number of para-hydroxylation sites is 1. The zero-order valence-corrected chi connectivity index (χ0v) is 20.5. The lowest BCUT2D eigenvalue weighted by Gasteiger charge is -2.19. The maximum atomic E-state index is 14.3. The number of carbonyl (C=O) groups excluding carboxylic acids is 2. The molecule has 0 radical (unpaired) electrons. The number of aromatic nitrogens is 3. The van der Waals surface area contributed by atoms with Crippen molar-refractivity contribution in [3.8, 4) is 16.9 Å². The van der Waals surface area contributed by atoms with Gasteiger partial charge in [-0.1, -0.05) is 49.7 Å². The second-order valence-electron chi connectivity index (χ2n) is 9.07. The molecule has 0 fully saturated rings. The van der Waals surface area contributed by atoms with Gasteiger partial charge in [0.2, 0.25) is 0 Å². The largest absolute Gasteiger partial charge is 0.396 e. The van der Waals surface area contributed by atoms with Crippen LogP contribution < -0.4 is 5.32 Å². The van der Waals surface area contributed by atoms with Gasteiger partial charge in [-0.2, -0.15) is 5.10 Å². The van der Waals surface area contributed by atoms with Crippen molar-refractivity contribution < 1.29 is 19.1 Å². The average Bonchev–Trinajstić information content (AvgIpc) is 3.29. The summed E-state index contributed by atoms with van der Waals surface area (Å²) in [4.78, 5) is 30.2. The second kappa shape index (κ2) is 10.4. The summed E-state index contributed by atoms with van der Waals surface area (Å²) in [5, 5.41) is 16.9. The molecular formula is C27H24ClFN4O3. The van der Waals surface area contributed by atoms with Crippen LogP contribution in [0.2, 0.25) is 5.02 Å². The Kier molecular flexibility index (Phi) is 7.28. The quantitative estimate of drug-likeness (QED) is 0.304. The SMILES string of the molecule is CC(C)(CO)CC(=O)c1cc(NC(=O)c2cc(-c3ncccc3F)ccc2Cl)n(-c2ccccc2)n1. The molecule has 0 saturated heterocycles. The smallest absolute Gasteiger partial charge is 0.258 e. The number of hydrogen-bond donors (Lipinski definition) is 2. The van der Waals surface area contributed by atoms with E-state index in [0.29, 0.717) is 11.3 Å². The molecule has 0 spiro atoms. The topological polar surface area (TPSA) is 97.1 Å². The zero-order valence-electron chi connectivity index (χ0n) is 19.7. The number of aliphatic hydroxyl groups excluding tert-OH is 1. The van der Waals surface area contributed by atoms with E-state index in [1.165, 1.54) is 41.2 Å². The van der Waals surface area contributed by atoms with Gasteiger partial charge >= 0.3 is 0 Å². The Morgan fingerprint density at radius 2 is 1.83 bits per heavy atom. The summed E-state index contributed by atoms with van der Waals surface area (Å²) < 4.78 is 15.7. The normalized spacial score (nSPS) is 11.4. The minimum absolute atomic E-state index is 0.0756. The van der Waals surface area contributed by atoms with Gasteiger partial charge in [0.25, 0.3) is 5.91 Å². The van der Waals surface area contributed by atoms with Crippen LogP contribution in [-0.2, 0) is 0 Å². The van der Waals surface area contributed by atoms with Gasteiger partial charge in [0, 0.05) is 30.9 Å². The second-order valence-corrected chi connectivity index (χ2v) is 9.47. The molecule has 2 heterocycles. The van der Waals surface area contributed by atoms with Crippen LogP contribution in [0.5, 0.6) is 0 Å². The fourth-order valence-corrected chi connectivity index (χ4v) is 3.79. The Morgan fingerprint density at radius 3 is 2.53 bits per heavy atom. The van der Waals surface area contributed by atoms with Crippen LogP contribution in [0, 0.1) is 11.2 Å². The molecule has 0 aliphatic rings. The predicted octanol–water partition coefficient (Wildman–Crippen LogP) is 5.57. The molecule has 36 heavy (non-hydrogen) atoms. The van der Waals surface area contributed by atoms with E-state index in [1.807, 2.05) is 6.07 Å². The Labute approximate surface area is 212 Å². The van der Waals surface area contributed by atoms with Gasteiger partial charge in [0.15, 0.2) is 5.78 Å². The molecule has 0 atom stereocenters. The molecule has 0 aliphatic carbocycles. The van der Waals surface area contributed by atoms with Gasteiger partial charge in [-0.3, -0.25) is 14.6 Å². The van der Waals surface area contributed by atoms with E-state index in [-0.39, 0.29) is 46.6 Å². The maximum Gasteiger partial charge on any atom is 0.258 e.